The number of nitrogens with one attached hydrogen (secondary N) is 1. The first-order chi connectivity index (χ1) is 17.3. The minimum absolute atomic E-state index is 0.0617. The summed E-state index contributed by atoms with van der Waals surface area (Å²) < 4.78 is 46.8. The lowest BCUT2D eigenvalue weighted by Gasteiger charge is -2.31. The van der Waals surface area contributed by atoms with Gasteiger partial charge in [0.2, 0.25) is 5.91 Å². The van der Waals surface area contributed by atoms with Gasteiger partial charge in [-0.2, -0.15) is 18.4 Å². The van der Waals surface area contributed by atoms with E-state index in [1.165, 1.54) is 24.5 Å². The van der Waals surface area contributed by atoms with E-state index in [1.54, 1.807) is 23.1 Å². The molecule has 2 aromatic rings. The van der Waals surface area contributed by atoms with E-state index in [2.05, 4.69) is 22.9 Å². The number of hydrogen-bond acceptors (Lipinski definition) is 5. The fourth-order valence-corrected chi connectivity index (χ4v) is 5.07. The number of nitriles is 1. The fourth-order valence-electron chi connectivity index (χ4n) is 5.07. The van der Waals surface area contributed by atoms with E-state index in [0.717, 1.165) is 38.2 Å². The van der Waals surface area contributed by atoms with E-state index in [9.17, 15) is 23.2 Å². The number of halogens is 3. The Kier molecular flexibility index (Phi) is 7.94. The Hall–Kier alpha value is -3.38. The molecule has 2 aliphatic rings. The first-order valence-corrected chi connectivity index (χ1v) is 12.1. The number of benzene rings is 1. The molecule has 0 bridgehead atoms. The summed E-state index contributed by atoms with van der Waals surface area (Å²) in [5.41, 5.74) is -0.226. The highest BCUT2D eigenvalue weighted by atomic mass is 19.4. The Balaban J connectivity index is 1.33. The number of likely N-dealkylation sites (tertiary alicyclic amines) is 1. The molecule has 1 N–H and O–H groups in total. The minimum atomic E-state index is -4.48. The van der Waals surface area contributed by atoms with Gasteiger partial charge in [0.25, 0.3) is 0 Å². The number of carbonyl (C=O) groups excluding carboxylic acids is 1. The van der Waals surface area contributed by atoms with Crippen molar-refractivity contribution in [2.24, 2.45) is 0 Å². The summed E-state index contributed by atoms with van der Waals surface area (Å²) in [6.07, 6.45) is 4.46. The molecular formula is C27H29F3N4O2. The van der Waals surface area contributed by atoms with E-state index in [0.29, 0.717) is 17.7 Å². The van der Waals surface area contributed by atoms with Crippen LogP contribution in [0.25, 0.3) is 11.1 Å². The van der Waals surface area contributed by atoms with Gasteiger partial charge in [0, 0.05) is 18.4 Å². The lowest BCUT2D eigenvalue weighted by molar-refractivity contribution is -0.137. The molecule has 1 saturated carbocycles. The molecule has 0 spiro atoms. The van der Waals surface area contributed by atoms with Crippen LogP contribution in [0.4, 0.5) is 13.2 Å². The number of ether oxygens (including phenoxy) is 1. The highest BCUT2D eigenvalue weighted by molar-refractivity contribution is 5.80. The number of amides is 1. The van der Waals surface area contributed by atoms with Crippen molar-refractivity contribution < 1.29 is 22.7 Å². The first kappa shape index (κ1) is 25.7. The summed E-state index contributed by atoms with van der Waals surface area (Å²) in [6.45, 7) is 3.94. The van der Waals surface area contributed by atoms with Crippen LogP contribution in [-0.4, -0.2) is 46.6 Å². The molecular weight excluding hydrogens is 469 g/mol. The highest BCUT2D eigenvalue weighted by Gasteiger charge is 2.36. The Bertz CT molecular complexity index is 1110. The van der Waals surface area contributed by atoms with Crippen molar-refractivity contribution >= 4 is 5.91 Å². The fraction of sp³-hybridized carbons (Fsp3) is 0.444. The second kappa shape index (κ2) is 11.1. The number of pyridine rings is 1. The summed E-state index contributed by atoms with van der Waals surface area (Å²) in [7, 11) is 0. The minimum Gasteiger partial charge on any atom is -0.490 e. The maximum Gasteiger partial charge on any atom is 0.417 e. The van der Waals surface area contributed by atoms with Crippen LogP contribution in [0.3, 0.4) is 0 Å². The third kappa shape index (κ3) is 5.88. The topological polar surface area (TPSA) is 78.2 Å². The molecule has 9 heteroatoms. The van der Waals surface area contributed by atoms with Crippen LogP contribution >= 0.6 is 0 Å². The molecule has 0 unspecified atom stereocenters. The van der Waals surface area contributed by atoms with Gasteiger partial charge < -0.3 is 15.0 Å². The summed E-state index contributed by atoms with van der Waals surface area (Å²) >= 11 is 0. The maximum atomic E-state index is 13.6. The molecule has 1 amide bonds. The standard InChI is InChI=1S/C27H29F3N4O2/c1-2-20-5-6-21(16-31)34(20)26(35)17-33-19-3-7-22(8-4-19)36-23-9-10-25(27(28,29)30)24(15-23)18-11-13-32-14-12-18/h2,9-15,19-22,33H,1,3-8,17H2/t19-,20-,21-,22-/m0/s1. The van der Waals surface area contributed by atoms with Crippen molar-refractivity contribution in [1.82, 2.24) is 15.2 Å². The van der Waals surface area contributed by atoms with Crippen molar-refractivity contribution in [2.75, 3.05) is 6.54 Å². The molecule has 4 rings (SSSR count). The van der Waals surface area contributed by atoms with Gasteiger partial charge in [0.1, 0.15) is 11.8 Å². The number of carbonyl (C=O) groups is 1. The summed E-state index contributed by atoms with van der Waals surface area (Å²) in [6, 6.07) is 8.79. The van der Waals surface area contributed by atoms with Gasteiger partial charge in [0.05, 0.1) is 30.3 Å². The molecule has 2 fully saturated rings. The van der Waals surface area contributed by atoms with E-state index in [4.69, 9.17) is 4.74 Å². The van der Waals surface area contributed by atoms with Crippen LogP contribution in [0.5, 0.6) is 5.75 Å². The molecule has 2 heterocycles. The second-order valence-electron chi connectivity index (χ2n) is 9.24. The smallest absolute Gasteiger partial charge is 0.417 e. The lowest BCUT2D eigenvalue weighted by Crippen LogP contribution is -2.47. The van der Waals surface area contributed by atoms with Crippen LogP contribution in [0.2, 0.25) is 0 Å². The molecule has 36 heavy (non-hydrogen) atoms. The average molecular weight is 499 g/mol. The Labute approximate surface area is 208 Å². The van der Waals surface area contributed by atoms with Crippen LogP contribution in [0, 0.1) is 11.3 Å². The first-order valence-electron chi connectivity index (χ1n) is 12.1. The third-order valence-corrected chi connectivity index (χ3v) is 6.94. The zero-order valence-corrected chi connectivity index (χ0v) is 19.9. The van der Waals surface area contributed by atoms with E-state index in [1.807, 2.05) is 0 Å². The maximum absolute atomic E-state index is 13.6. The van der Waals surface area contributed by atoms with E-state index < -0.39 is 17.8 Å². The molecule has 1 aromatic heterocycles. The van der Waals surface area contributed by atoms with Gasteiger partial charge in [-0.25, -0.2) is 0 Å². The van der Waals surface area contributed by atoms with Crippen molar-refractivity contribution in [1.29, 1.82) is 5.26 Å². The van der Waals surface area contributed by atoms with Crippen molar-refractivity contribution in [3.8, 4) is 22.9 Å². The number of aromatic nitrogens is 1. The predicted molar refractivity (Wildman–Crippen MR) is 129 cm³/mol. The number of alkyl halides is 3. The number of hydrogen-bond donors (Lipinski definition) is 1. The van der Waals surface area contributed by atoms with Crippen LogP contribution in [0.15, 0.2) is 55.4 Å². The normalized spacial score (nSPS) is 24.2. The summed E-state index contributed by atoms with van der Waals surface area (Å²) in [5, 5.41) is 12.6. The molecule has 0 radical (unpaired) electrons. The van der Waals surface area contributed by atoms with Gasteiger partial charge in [-0.15, -0.1) is 6.58 Å². The summed E-state index contributed by atoms with van der Waals surface area (Å²) in [5.74, 6) is 0.296. The van der Waals surface area contributed by atoms with Crippen LogP contribution in [-0.2, 0) is 11.0 Å². The van der Waals surface area contributed by atoms with Crippen LogP contribution < -0.4 is 10.1 Å². The quantitative estimate of drug-likeness (QED) is 0.537. The Morgan fingerprint density at radius 1 is 1.17 bits per heavy atom. The largest absolute Gasteiger partial charge is 0.490 e. The Morgan fingerprint density at radius 2 is 1.89 bits per heavy atom. The highest BCUT2D eigenvalue weighted by Crippen LogP contribution is 2.39. The van der Waals surface area contributed by atoms with Crippen molar-refractivity contribution in [2.45, 2.75) is 68.9 Å². The van der Waals surface area contributed by atoms with Gasteiger partial charge in [-0.05, 0) is 80.0 Å². The van der Waals surface area contributed by atoms with Crippen molar-refractivity contribution in [3.63, 3.8) is 0 Å². The molecule has 2 atom stereocenters. The average Bonchev–Trinajstić information content (AvgIpc) is 3.31. The lowest BCUT2D eigenvalue weighted by atomic mass is 9.92. The monoisotopic (exact) mass is 498 g/mol. The molecule has 1 aliphatic heterocycles. The SMILES string of the molecule is C=C[C@H]1CC[C@@H](C#N)N1C(=O)CN[C@H]1CC[C@H](Oc2ccc(C(F)(F)F)c(-c3ccncc3)c2)CC1. The van der Waals surface area contributed by atoms with Gasteiger partial charge in [-0.3, -0.25) is 9.78 Å². The van der Waals surface area contributed by atoms with E-state index >= 15 is 0 Å². The number of nitrogens with zero attached hydrogens (tertiary/aromatic N) is 3. The van der Waals surface area contributed by atoms with Crippen LogP contribution in [0.1, 0.15) is 44.1 Å². The Morgan fingerprint density at radius 3 is 2.53 bits per heavy atom. The predicted octanol–water partition coefficient (Wildman–Crippen LogP) is 5.12. The van der Waals surface area contributed by atoms with Gasteiger partial charge >= 0.3 is 6.18 Å². The molecule has 1 saturated heterocycles. The van der Waals surface area contributed by atoms with Crippen molar-refractivity contribution in [3.05, 3.63) is 60.9 Å². The second-order valence-corrected chi connectivity index (χ2v) is 9.24. The molecule has 190 valence electrons. The van der Waals surface area contributed by atoms with E-state index in [-0.39, 0.29) is 36.2 Å². The zero-order valence-electron chi connectivity index (χ0n) is 19.9. The summed E-state index contributed by atoms with van der Waals surface area (Å²) in [4.78, 5) is 18.2. The third-order valence-electron chi connectivity index (χ3n) is 6.94. The van der Waals surface area contributed by atoms with Gasteiger partial charge in [0.15, 0.2) is 0 Å². The molecule has 6 nitrogen and oxygen atoms in total. The zero-order chi connectivity index (χ0) is 25.7. The molecule has 1 aromatic carbocycles. The number of rotatable bonds is 7. The molecule has 1 aliphatic carbocycles. The van der Waals surface area contributed by atoms with Gasteiger partial charge in [-0.1, -0.05) is 6.08 Å².